The van der Waals surface area contributed by atoms with Crippen LogP contribution < -0.4 is 5.32 Å². The Morgan fingerprint density at radius 3 is 2.35 bits per heavy atom. The molecular formula is C10H19NO5S. The van der Waals surface area contributed by atoms with E-state index < -0.39 is 27.6 Å². The molecule has 100 valence electrons. The van der Waals surface area contributed by atoms with E-state index in [2.05, 4.69) is 5.32 Å². The summed E-state index contributed by atoms with van der Waals surface area (Å²) in [7, 11) is -2.96. The molecule has 1 amide bonds. The van der Waals surface area contributed by atoms with Crippen LogP contribution in [-0.4, -0.2) is 49.4 Å². The minimum atomic E-state index is -2.96. The number of ether oxygens (including phenoxy) is 1. The van der Waals surface area contributed by atoms with Crippen LogP contribution in [0, 0.1) is 5.92 Å². The molecule has 0 aliphatic carbocycles. The molecule has 17 heavy (non-hydrogen) atoms. The van der Waals surface area contributed by atoms with E-state index in [9.17, 15) is 13.2 Å². The van der Waals surface area contributed by atoms with E-state index in [0.717, 1.165) is 0 Å². The molecule has 1 saturated heterocycles. The molecule has 1 unspecified atom stereocenters. The molecule has 1 atom stereocenters. The number of aliphatic hydroxyl groups excluding tert-OH is 1. The quantitative estimate of drug-likeness (QED) is 0.744. The standard InChI is InChI=1S/C10H19NO5S/c1-10(2,3)16-9(13)11-8(4-12)7-5-17(14,15)6-7/h7-8,12H,4-6H2,1-3H3,(H,11,13). The minimum Gasteiger partial charge on any atom is -0.444 e. The van der Waals surface area contributed by atoms with Gasteiger partial charge in [0.15, 0.2) is 9.84 Å². The maximum absolute atomic E-state index is 11.4. The van der Waals surface area contributed by atoms with Crippen molar-refractivity contribution in [3.05, 3.63) is 0 Å². The van der Waals surface area contributed by atoms with Gasteiger partial charge in [0.05, 0.1) is 24.2 Å². The van der Waals surface area contributed by atoms with Gasteiger partial charge in [0.2, 0.25) is 0 Å². The summed E-state index contributed by atoms with van der Waals surface area (Å²) in [4.78, 5) is 11.4. The largest absolute Gasteiger partial charge is 0.444 e. The van der Waals surface area contributed by atoms with Crippen molar-refractivity contribution in [3.63, 3.8) is 0 Å². The second-order valence-corrected chi connectivity index (χ2v) is 7.43. The normalized spacial score (nSPS) is 21.4. The molecule has 1 fully saturated rings. The molecule has 6 nitrogen and oxygen atoms in total. The van der Waals surface area contributed by atoms with E-state index in [4.69, 9.17) is 9.84 Å². The fourth-order valence-corrected chi connectivity index (χ4v) is 3.28. The van der Waals surface area contributed by atoms with Crippen molar-refractivity contribution in [2.24, 2.45) is 5.92 Å². The zero-order valence-corrected chi connectivity index (χ0v) is 11.1. The Kier molecular flexibility index (Phi) is 4.03. The number of nitrogens with one attached hydrogen (secondary N) is 1. The fraction of sp³-hybridized carbons (Fsp3) is 0.900. The minimum absolute atomic E-state index is 0.00796. The van der Waals surface area contributed by atoms with Crippen LogP contribution in [0.1, 0.15) is 20.8 Å². The zero-order chi connectivity index (χ0) is 13.3. The summed E-state index contributed by atoms with van der Waals surface area (Å²) < 4.78 is 27.0. The molecule has 0 aromatic heterocycles. The summed E-state index contributed by atoms with van der Waals surface area (Å²) in [5.41, 5.74) is -0.615. The Morgan fingerprint density at radius 1 is 1.47 bits per heavy atom. The summed E-state index contributed by atoms with van der Waals surface area (Å²) >= 11 is 0. The highest BCUT2D eigenvalue weighted by Crippen LogP contribution is 2.22. The van der Waals surface area contributed by atoms with Gasteiger partial charge in [-0.05, 0) is 20.8 Å². The predicted molar refractivity (Wildman–Crippen MR) is 62.4 cm³/mol. The van der Waals surface area contributed by atoms with Gasteiger partial charge >= 0.3 is 6.09 Å². The molecule has 1 aliphatic rings. The van der Waals surface area contributed by atoms with Crippen molar-refractivity contribution in [1.29, 1.82) is 0 Å². The van der Waals surface area contributed by atoms with E-state index in [1.165, 1.54) is 0 Å². The van der Waals surface area contributed by atoms with Crippen LogP contribution in [0.2, 0.25) is 0 Å². The van der Waals surface area contributed by atoms with Gasteiger partial charge in [0, 0.05) is 5.92 Å². The van der Waals surface area contributed by atoms with Gasteiger partial charge in [-0.2, -0.15) is 0 Å². The lowest BCUT2D eigenvalue weighted by Gasteiger charge is -2.33. The van der Waals surface area contributed by atoms with Gasteiger partial charge in [-0.3, -0.25) is 0 Å². The van der Waals surface area contributed by atoms with Gasteiger partial charge in [-0.25, -0.2) is 13.2 Å². The molecule has 0 aromatic rings. The smallest absolute Gasteiger partial charge is 0.407 e. The summed E-state index contributed by atoms with van der Waals surface area (Å²) in [6.07, 6.45) is -0.638. The Morgan fingerprint density at radius 2 is 2.00 bits per heavy atom. The van der Waals surface area contributed by atoms with Gasteiger partial charge in [-0.1, -0.05) is 0 Å². The average molecular weight is 265 g/mol. The Labute approximate surface area is 101 Å². The molecule has 7 heteroatoms. The van der Waals surface area contributed by atoms with E-state index >= 15 is 0 Å². The predicted octanol–water partition coefficient (Wildman–Crippen LogP) is -0.0834. The maximum atomic E-state index is 11.4. The number of aliphatic hydroxyl groups is 1. The number of alkyl carbamates (subject to hydrolysis) is 1. The number of carbonyl (C=O) groups excluding carboxylic acids is 1. The van der Waals surface area contributed by atoms with Gasteiger partial charge in [0.25, 0.3) is 0 Å². The highest BCUT2D eigenvalue weighted by atomic mass is 32.2. The summed E-state index contributed by atoms with van der Waals surface area (Å²) in [5.74, 6) is -0.209. The van der Waals surface area contributed by atoms with Crippen LogP contribution in [0.4, 0.5) is 4.79 Å². The highest BCUT2D eigenvalue weighted by Gasteiger charge is 2.39. The van der Waals surface area contributed by atoms with Crippen molar-refractivity contribution < 1.29 is 23.1 Å². The average Bonchev–Trinajstić information content (AvgIpc) is 2.07. The lowest BCUT2D eigenvalue weighted by molar-refractivity contribution is 0.0460. The second-order valence-electron chi connectivity index (χ2n) is 5.27. The lowest BCUT2D eigenvalue weighted by atomic mass is 10.0. The number of sulfone groups is 1. The number of hydrogen-bond acceptors (Lipinski definition) is 5. The molecule has 0 saturated carbocycles. The van der Waals surface area contributed by atoms with Crippen molar-refractivity contribution in [3.8, 4) is 0 Å². The first-order chi connectivity index (χ1) is 7.63. The molecule has 0 radical (unpaired) electrons. The van der Waals surface area contributed by atoms with Crippen LogP contribution in [-0.2, 0) is 14.6 Å². The van der Waals surface area contributed by atoms with Crippen LogP contribution in [0.3, 0.4) is 0 Å². The SMILES string of the molecule is CC(C)(C)OC(=O)NC(CO)C1CS(=O)(=O)C1. The first-order valence-electron chi connectivity index (χ1n) is 5.44. The van der Waals surface area contributed by atoms with Crippen LogP contribution >= 0.6 is 0 Å². The van der Waals surface area contributed by atoms with Gasteiger partial charge in [-0.15, -0.1) is 0 Å². The van der Waals surface area contributed by atoms with Crippen molar-refractivity contribution >= 4 is 15.9 Å². The zero-order valence-electron chi connectivity index (χ0n) is 10.3. The van der Waals surface area contributed by atoms with Crippen LogP contribution in [0.5, 0.6) is 0 Å². The molecule has 1 aliphatic heterocycles. The molecule has 1 heterocycles. The van der Waals surface area contributed by atoms with Gasteiger partial charge in [0.1, 0.15) is 5.60 Å². The third-order valence-electron chi connectivity index (χ3n) is 2.40. The molecular weight excluding hydrogens is 246 g/mol. The molecule has 0 bridgehead atoms. The highest BCUT2D eigenvalue weighted by molar-refractivity contribution is 7.92. The Hall–Kier alpha value is -0.820. The molecule has 2 N–H and O–H groups in total. The Balaban J connectivity index is 2.46. The summed E-state index contributed by atoms with van der Waals surface area (Å²) in [5, 5.41) is 11.6. The van der Waals surface area contributed by atoms with E-state index in [1.54, 1.807) is 20.8 Å². The molecule has 1 rings (SSSR count). The van der Waals surface area contributed by atoms with E-state index in [1.807, 2.05) is 0 Å². The second kappa shape index (κ2) is 4.81. The van der Waals surface area contributed by atoms with Crippen LogP contribution in [0.25, 0.3) is 0 Å². The van der Waals surface area contributed by atoms with E-state index in [-0.39, 0.29) is 24.0 Å². The first-order valence-corrected chi connectivity index (χ1v) is 7.26. The third kappa shape index (κ3) is 4.51. The Bertz CT molecular complexity index is 372. The van der Waals surface area contributed by atoms with Crippen molar-refractivity contribution in [2.75, 3.05) is 18.1 Å². The van der Waals surface area contributed by atoms with E-state index in [0.29, 0.717) is 0 Å². The number of rotatable bonds is 3. The fourth-order valence-electron chi connectivity index (χ4n) is 1.61. The monoisotopic (exact) mass is 265 g/mol. The summed E-state index contributed by atoms with van der Waals surface area (Å²) in [6.45, 7) is 4.90. The number of carbonyl (C=O) groups is 1. The van der Waals surface area contributed by atoms with Crippen LogP contribution in [0.15, 0.2) is 0 Å². The van der Waals surface area contributed by atoms with Crippen molar-refractivity contribution in [2.45, 2.75) is 32.4 Å². The summed E-state index contributed by atoms with van der Waals surface area (Å²) in [6, 6.07) is -0.562. The maximum Gasteiger partial charge on any atom is 0.407 e. The third-order valence-corrected chi connectivity index (χ3v) is 4.28. The topological polar surface area (TPSA) is 92.7 Å². The molecule has 0 spiro atoms. The lowest BCUT2D eigenvalue weighted by Crippen LogP contribution is -2.53. The van der Waals surface area contributed by atoms with Crippen molar-refractivity contribution in [1.82, 2.24) is 5.32 Å². The molecule has 0 aromatic carbocycles. The number of hydrogen-bond donors (Lipinski definition) is 2. The number of amides is 1. The van der Waals surface area contributed by atoms with Gasteiger partial charge < -0.3 is 15.2 Å². The first kappa shape index (κ1) is 14.2.